The number of hydrogen-bond donors (Lipinski definition) is 3. The van der Waals surface area contributed by atoms with E-state index in [0.717, 1.165) is 0 Å². The quantitative estimate of drug-likeness (QED) is 0.209. The molecule has 130 valence electrons. The van der Waals surface area contributed by atoms with E-state index >= 15 is 0 Å². The summed E-state index contributed by atoms with van der Waals surface area (Å²) in [4.78, 5) is 35.4. The molecule has 0 fully saturated rings. The van der Waals surface area contributed by atoms with Gasteiger partial charge in [-0.25, -0.2) is 0 Å². The van der Waals surface area contributed by atoms with E-state index in [1.54, 1.807) is 6.92 Å². The molecule has 12 heteroatoms. The predicted octanol–water partition coefficient (Wildman–Crippen LogP) is -4.97. The summed E-state index contributed by atoms with van der Waals surface area (Å²) in [6.45, 7) is 2.25. The second-order valence-corrected chi connectivity index (χ2v) is 7.73. The first kappa shape index (κ1) is 23.0. The molecule has 0 spiro atoms. The maximum Gasteiger partial charge on any atom is 0.241 e. The fourth-order valence-electron chi connectivity index (χ4n) is 1.74. The number of carbonyl (C=O) groups excluding carboxylic acids is 3. The lowest BCUT2D eigenvalue weighted by Gasteiger charge is -2.41. The number of carbonyl (C=O) groups is 3. The van der Waals surface area contributed by atoms with E-state index in [9.17, 15) is 14.4 Å². The molecule has 0 aromatic rings. The Balaban J connectivity index is 4.78. The lowest BCUT2D eigenvalue weighted by atomic mass is 9.26. The van der Waals surface area contributed by atoms with Crippen LogP contribution in [0.1, 0.15) is 26.2 Å². The van der Waals surface area contributed by atoms with Gasteiger partial charge in [0, 0.05) is 13.0 Å². The number of hydrogen-bond acceptors (Lipinski definition) is 3. The van der Waals surface area contributed by atoms with Crippen molar-refractivity contribution in [2.75, 3.05) is 12.4 Å². The molecule has 0 saturated heterocycles. The molecule has 0 radical (unpaired) electrons. The molecule has 0 aromatic heterocycles. The van der Waals surface area contributed by atoms with Crippen molar-refractivity contribution in [1.82, 2.24) is 16.0 Å². The van der Waals surface area contributed by atoms with Crippen LogP contribution < -0.4 is 16.0 Å². The van der Waals surface area contributed by atoms with Gasteiger partial charge < -0.3 is 16.0 Å². The molecule has 1 atom stereocenters. The Bertz CT molecular complexity index is 460. The maximum absolute atomic E-state index is 12.6. The largest absolute Gasteiger partial charge is 0.366 e. The van der Waals surface area contributed by atoms with Gasteiger partial charge >= 0.3 is 0 Å². The molecule has 6 nitrogen and oxygen atoms in total. The fourth-order valence-corrected chi connectivity index (χ4v) is 1.82. The summed E-state index contributed by atoms with van der Waals surface area (Å²) in [5.74, 6) is -0.855. The van der Waals surface area contributed by atoms with Gasteiger partial charge in [0.1, 0.15) is 27.6 Å². The first-order valence-corrected chi connectivity index (χ1v) is 8.92. The van der Waals surface area contributed by atoms with E-state index in [4.69, 9.17) is 11.6 Å². The molecule has 0 heterocycles. The first-order chi connectivity index (χ1) is 10.9. The van der Waals surface area contributed by atoms with Gasteiger partial charge in [-0.2, -0.15) is 0 Å². The molecule has 3 N–H and O–H groups in total. The number of rotatable bonds is 10. The predicted molar refractivity (Wildman–Crippen MR) is 111 cm³/mol. The van der Waals surface area contributed by atoms with Gasteiger partial charge in [0.25, 0.3) is 0 Å². The molecule has 0 aromatic carbocycles. The van der Waals surface area contributed by atoms with E-state index in [-0.39, 0.29) is 28.7 Å². The van der Waals surface area contributed by atoms with Gasteiger partial charge in [0.15, 0.2) is 0 Å². The maximum atomic E-state index is 12.6. The van der Waals surface area contributed by atoms with Crippen LogP contribution >= 0.6 is 11.6 Å². The van der Waals surface area contributed by atoms with E-state index in [0.29, 0.717) is 25.8 Å². The molecule has 0 saturated carbocycles. The summed E-state index contributed by atoms with van der Waals surface area (Å²) in [5.41, 5.74) is 0. The van der Waals surface area contributed by atoms with Crippen molar-refractivity contribution in [3.63, 3.8) is 0 Å². The van der Waals surface area contributed by atoms with Crippen LogP contribution in [-0.4, -0.2) is 80.8 Å². The zero-order valence-corrected chi connectivity index (χ0v) is 16.5. The molecular weight excluding hydrogens is 324 g/mol. The lowest BCUT2D eigenvalue weighted by molar-refractivity contribution is -0.128. The van der Waals surface area contributed by atoms with Crippen LogP contribution in [0.5, 0.6) is 0 Å². The van der Waals surface area contributed by atoms with E-state index in [2.05, 4.69) is 16.0 Å². The molecule has 3 amide bonds. The van der Waals surface area contributed by atoms with E-state index in [1.807, 2.05) is 39.2 Å². The molecule has 0 bridgehead atoms. The fraction of sp³-hybridized carbons (Fsp3) is 0.750. The Labute approximate surface area is 154 Å². The first-order valence-electron chi connectivity index (χ1n) is 8.38. The zero-order valence-electron chi connectivity index (χ0n) is 15.7. The average molecular weight is 351 g/mol. The van der Waals surface area contributed by atoms with Crippen molar-refractivity contribution in [2.45, 2.75) is 42.7 Å². The van der Waals surface area contributed by atoms with Gasteiger partial charge in [-0.15, -0.1) is 16.7 Å². The Kier molecular flexibility index (Phi) is 9.70. The van der Waals surface area contributed by atoms with Gasteiger partial charge in [0.05, 0.1) is 23.5 Å². The summed E-state index contributed by atoms with van der Waals surface area (Å²) < 4.78 is 0. The lowest BCUT2D eigenvalue weighted by Crippen LogP contribution is -2.62. The Morgan fingerprint density at radius 2 is 1.67 bits per heavy atom. The standard InChI is InChI=1S/C12H27B5ClN3O3/c1-2-8(22)19-5-3-4-7(20-9(23)6-18)10(24)21-12(16,17)11(13,14)15/h7H,2-6,13-17H2,1H3,(H,19,22)(H,20,23)(H,21,24). The summed E-state index contributed by atoms with van der Waals surface area (Å²) in [5, 5.41) is 7.83. The minimum Gasteiger partial charge on any atom is -0.366 e. The second-order valence-electron chi connectivity index (χ2n) is 7.46. The van der Waals surface area contributed by atoms with Crippen LogP contribution in [0.2, 0.25) is 5.11 Å². The SMILES string of the molecule is BC(B)(B)C(B)(B)NC(=O)C(CCCNC(=O)CC)NC(=O)CCl. The normalized spacial score (nSPS) is 12.9. The second kappa shape index (κ2) is 10.1. The molecule has 24 heavy (non-hydrogen) atoms. The molecule has 1 unspecified atom stereocenters. The van der Waals surface area contributed by atoms with Crippen molar-refractivity contribution < 1.29 is 14.4 Å². The minimum atomic E-state index is -0.670. The Morgan fingerprint density at radius 3 is 2.12 bits per heavy atom. The number of nitrogens with one attached hydrogen (secondary N) is 3. The van der Waals surface area contributed by atoms with Crippen LogP contribution in [0.25, 0.3) is 0 Å². The summed E-state index contributed by atoms with van der Waals surface area (Å²) in [6.07, 6.45) is 1.44. The van der Waals surface area contributed by atoms with Crippen LogP contribution in [0.15, 0.2) is 0 Å². The smallest absolute Gasteiger partial charge is 0.241 e. The highest BCUT2D eigenvalue weighted by atomic mass is 35.5. The highest BCUT2D eigenvalue weighted by molar-refractivity contribution is 6.67. The van der Waals surface area contributed by atoms with Crippen molar-refractivity contribution in [3.05, 3.63) is 0 Å². The van der Waals surface area contributed by atoms with Crippen molar-refractivity contribution in [1.29, 1.82) is 0 Å². The highest BCUT2D eigenvalue weighted by Gasteiger charge is 2.35. The summed E-state index contributed by atoms with van der Waals surface area (Å²) in [6, 6.07) is -0.670. The van der Waals surface area contributed by atoms with E-state index in [1.165, 1.54) is 0 Å². The minimum absolute atomic E-state index is 0.0327. The summed E-state index contributed by atoms with van der Waals surface area (Å²) >= 11 is 5.53. The number of alkyl halides is 1. The third-order valence-electron chi connectivity index (χ3n) is 4.40. The number of halogens is 1. The third-order valence-corrected chi connectivity index (χ3v) is 4.64. The van der Waals surface area contributed by atoms with Gasteiger partial charge in [-0.05, 0) is 18.2 Å². The number of amides is 3. The molecular formula is C12H27B5ClN3O3. The molecule has 0 aliphatic carbocycles. The van der Waals surface area contributed by atoms with Crippen molar-refractivity contribution >= 4 is 68.6 Å². The topological polar surface area (TPSA) is 87.3 Å². The van der Waals surface area contributed by atoms with Gasteiger partial charge in [-0.3, -0.25) is 14.4 Å². The third kappa shape index (κ3) is 8.22. The molecule has 0 rings (SSSR count). The van der Waals surface area contributed by atoms with Crippen molar-refractivity contribution in [3.8, 4) is 0 Å². The van der Waals surface area contributed by atoms with Crippen LogP contribution in [-0.2, 0) is 14.4 Å². The van der Waals surface area contributed by atoms with Crippen LogP contribution in [0.3, 0.4) is 0 Å². The average Bonchev–Trinajstić information content (AvgIpc) is 2.47. The van der Waals surface area contributed by atoms with E-state index < -0.39 is 11.4 Å². The molecule has 0 aliphatic rings. The van der Waals surface area contributed by atoms with Crippen molar-refractivity contribution in [2.24, 2.45) is 0 Å². The van der Waals surface area contributed by atoms with Gasteiger partial charge in [0.2, 0.25) is 17.7 Å². The highest BCUT2D eigenvalue weighted by Crippen LogP contribution is 2.22. The summed E-state index contributed by atoms with van der Waals surface area (Å²) in [7, 11) is 10.0. The van der Waals surface area contributed by atoms with Crippen LogP contribution in [0, 0.1) is 0 Å². The van der Waals surface area contributed by atoms with Crippen LogP contribution in [0.4, 0.5) is 0 Å². The van der Waals surface area contributed by atoms with Gasteiger partial charge in [-0.1, -0.05) is 6.92 Å². The Hall–Kier alpha value is -0.975. The molecule has 0 aliphatic heterocycles. The monoisotopic (exact) mass is 351 g/mol. The Morgan fingerprint density at radius 1 is 1.08 bits per heavy atom. The zero-order chi connectivity index (χ0) is 19.0.